The van der Waals surface area contributed by atoms with Gasteiger partial charge in [0.2, 0.25) is 11.8 Å². The Kier molecular flexibility index (Phi) is 4.64. The molecular formula is C27H27NO5. The van der Waals surface area contributed by atoms with Gasteiger partial charge in [-0.25, -0.2) is 0 Å². The van der Waals surface area contributed by atoms with Gasteiger partial charge in [0.05, 0.1) is 11.8 Å². The zero-order valence-corrected chi connectivity index (χ0v) is 19.2. The van der Waals surface area contributed by atoms with Crippen LogP contribution in [0.5, 0.6) is 5.75 Å². The van der Waals surface area contributed by atoms with Crippen LogP contribution in [-0.2, 0) is 19.2 Å². The molecule has 6 heteroatoms. The Morgan fingerprint density at radius 3 is 2.36 bits per heavy atom. The second-order valence-electron chi connectivity index (χ2n) is 10.5. The number of hydrogen-bond acceptors (Lipinski definition) is 5. The number of amides is 2. The molecule has 5 rings (SSSR count). The molecule has 1 aliphatic heterocycles. The van der Waals surface area contributed by atoms with Gasteiger partial charge in [0.15, 0.2) is 11.6 Å². The number of allylic oxidation sites excluding steroid dienone is 6. The van der Waals surface area contributed by atoms with E-state index in [1.165, 1.54) is 11.0 Å². The molecule has 0 saturated carbocycles. The van der Waals surface area contributed by atoms with Crippen molar-refractivity contribution in [1.82, 2.24) is 4.90 Å². The van der Waals surface area contributed by atoms with Gasteiger partial charge in [-0.1, -0.05) is 29.8 Å². The number of likely N-dealkylation sites (tertiary alicyclic amines) is 1. The van der Waals surface area contributed by atoms with Crippen LogP contribution in [-0.4, -0.2) is 38.9 Å². The summed E-state index contributed by atoms with van der Waals surface area (Å²) in [7, 11) is 0. The van der Waals surface area contributed by atoms with E-state index in [2.05, 4.69) is 0 Å². The Morgan fingerprint density at radius 1 is 1.00 bits per heavy atom. The van der Waals surface area contributed by atoms with E-state index in [1.54, 1.807) is 31.2 Å². The van der Waals surface area contributed by atoms with Gasteiger partial charge < -0.3 is 5.11 Å². The maximum absolute atomic E-state index is 13.6. The molecule has 0 bridgehead atoms. The average molecular weight is 446 g/mol. The van der Waals surface area contributed by atoms with Crippen molar-refractivity contribution in [2.75, 3.05) is 0 Å². The Morgan fingerprint density at radius 2 is 1.70 bits per heavy atom. The monoisotopic (exact) mass is 445 g/mol. The molecule has 1 aromatic rings. The minimum Gasteiger partial charge on any atom is -0.508 e. The van der Waals surface area contributed by atoms with Crippen LogP contribution in [0.3, 0.4) is 0 Å². The molecule has 0 spiro atoms. The molecule has 6 nitrogen and oxygen atoms in total. The van der Waals surface area contributed by atoms with Crippen LogP contribution in [0, 0.1) is 17.8 Å². The number of nitrogens with zero attached hydrogens (tertiary/aromatic N) is 1. The van der Waals surface area contributed by atoms with E-state index in [0.717, 1.165) is 5.57 Å². The Balaban J connectivity index is 1.70. The molecule has 2 amide bonds. The van der Waals surface area contributed by atoms with Crippen LogP contribution < -0.4 is 0 Å². The minimum atomic E-state index is -0.641. The highest BCUT2D eigenvalue weighted by molar-refractivity contribution is 6.23. The summed E-state index contributed by atoms with van der Waals surface area (Å²) >= 11 is 0. The van der Waals surface area contributed by atoms with E-state index in [4.69, 9.17) is 0 Å². The number of fused-ring (bicyclic) bond motifs is 3. The summed E-state index contributed by atoms with van der Waals surface area (Å²) in [5.41, 5.74) is 1.92. The first kappa shape index (κ1) is 21.6. The summed E-state index contributed by atoms with van der Waals surface area (Å²) in [6.07, 6.45) is 3.98. The zero-order chi connectivity index (χ0) is 23.8. The lowest BCUT2D eigenvalue weighted by atomic mass is 9.59. The molecule has 0 unspecified atom stereocenters. The molecule has 33 heavy (non-hydrogen) atoms. The van der Waals surface area contributed by atoms with Gasteiger partial charge in [0.25, 0.3) is 0 Å². The molecule has 1 aromatic carbocycles. The summed E-state index contributed by atoms with van der Waals surface area (Å²) in [5.74, 6) is -2.82. The minimum absolute atomic E-state index is 0.0368. The first-order chi connectivity index (χ1) is 15.5. The van der Waals surface area contributed by atoms with Gasteiger partial charge in [-0.15, -0.1) is 0 Å². The number of rotatable bonds is 1. The van der Waals surface area contributed by atoms with Crippen molar-refractivity contribution in [3.63, 3.8) is 0 Å². The van der Waals surface area contributed by atoms with Crippen molar-refractivity contribution in [3.05, 3.63) is 64.3 Å². The second kappa shape index (κ2) is 7.11. The topological polar surface area (TPSA) is 91.8 Å². The molecule has 4 aliphatic rings. The van der Waals surface area contributed by atoms with Crippen LogP contribution >= 0.6 is 0 Å². The summed E-state index contributed by atoms with van der Waals surface area (Å²) < 4.78 is 0. The third-order valence-electron chi connectivity index (χ3n) is 7.48. The van der Waals surface area contributed by atoms with E-state index in [1.807, 2.05) is 26.8 Å². The SMILES string of the molecule is CC1=CC(=O)C2=C(C[C@@H]3C(=CC[C@@H]4C(=O)N(C(C)(C)C)C(=O)[C@@H]43)[C@@H]2c2ccccc2O)C1=O. The summed E-state index contributed by atoms with van der Waals surface area (Å²) in [6.45, 7) is 7.16. The molecule has 1 heterocycles. The van der Waals surface area contributed by atoms with Crippen LogP contribution in [0.4, 0.5) is 0 Å². The van der Waals surface area contributed by atoms with Gasteiger partial charge in [-0.2, -0.15) is 0 Å². The van der Waals surface area contributed by atoms with Crippen LogP contribution in [0.15, 0.2) is 58.7 Å². The van der Waals surface area contributed by atoms with E-state index in [9.17, 15) is 24.3 Å². The predicted molar refractivity (Wildman–Crippen MR) is 121 cm³/mol. The smallest absolute Gasteiger partial charge is 0.234 e. The molecule has 3 aliphatic carbocycles. The molecule has 4 atom stereocenters. The summed E-state index contributed by atoms with van der Waals surface area (Å²) in [5, 5.41) is 10.7. The number of imide groups is 1. The number of Topliss-reactive ketones (excluding diaryl/α,β-unsaturated/α-hetero) is 1. The molecule has 1 saturated heterocycles. The number of aromatic hydroxyl groups is 1. The third kappa shape index (κ3) is 3.00. The van der Waals surface area contributed by atoms with E-state index < -0.39 is 23.3 Å². The van der Waals surface area contributed by atoms with Crippen molar-refractivity contribution >= 4 is 23.4 Å². The first-order valence-corrected chi connectivity index (χ1v) is 11.4. The van der Waals surface area contributed by atoms with Crippen molar-refractivity contribution in [2.45, 2.75) is 52.0 Å². The Labute approximate surface area is 192 Å². The lowest BCUT2D eigenvalue weighted by Gasteiger charge is -2.42. The molecule has 1 fully saturated rings. The molecule has 1 N–H and O–H groups in total. The molecule has 170 valence electrons. The molecular weight excluding hydrogens is 418 g/mol. The average Bonchev–Trinajstić information content (AvgIpc) is 3.01. The largest absolute Gasteiger partial charge is 0.508 e. The van der Waals surface area contributed by atoms with Gasteiger partial charge in [-0.3, -0.25) is 24.1 Å². The lowest BCUT2D eigenvalue weighted by molar-refractivity contribution is -0.145. The molecule has 0 aromatic heterocycles. The first-order valence-electron chi connectivity index (χ1n) is 11.4. The standard InChI is InChI=1S/C27H27NO5/c1-13-11-20(30)23-18(24(13)31)12-17-14(21(23)15-7-5-6-8-19(15)29)9-10-16-22(17)26(33)28(25(16)32)27(2,3)4/h5-9,11,16-17,21-22,29H,10,12H2,1-4H3/t16-,17+,21+,22-/m0/s1. The number of phenols is 1. The van der Waals surface area contributed by atoms with Crippen LogP contribution in [0.25, 0.3) is 0 Å². The normalized spacial score (nSPS) is 29.5. The maximum Gasteiger partial charge on any atom is 0.234 e. The number of carbonyl (C=O) groups is 4. The summed E-state index contributed by atoms with van der Waals surface area (Å²) in [6, 6.07) is 6.81. The highest BCUT2D eigenvalue weighted by Crippen LogP contribution is 2.56. The highest BCUT2D eigenvalue weighted by atomic mass is 16.3. The molecule has 0 radical (unpaired) electrons. The number of ketones is 2. The number of carbonyl (C=O) groups excluding carboxylic acids is 4. The van der Waals surface area contributed by atoms with Crippen molar-refractivity contribution in [1.29, 1.82) is 0 Å². The maximum atomic E-state index is 13.6. The fraction of sp³-hybridized carbons (Fsp3) is 0.407. The van der Waals surface area contributed by atoms with E-state index in [0.29, 0.717) is 28.7 Å². The fourth-order valence-corrected chi connectivity index (χ4v) is 6.13. The number of para-hydroxylation sites is 1. The summed E-state index contributed by atoms with van der Waals surface area (Å²) in [4.78, 5) is 54.5. The van der Waals surface area contributed by atoms with Gasteiger partial charge in [-0.05, 0) is 58.6 Å². The van der Waals surface area contributed by atoms with Crippen molar-refractivity contribution in [3.8, 4) is 5.75 Å². The highest BCUT2D eigenvalue weighted by Gasteiger charge is 2.58. The zero-order valence-electron chi connectivity index (χ0n) is 19.2. The van der Waals surface area contributed by atoms with Gasteiger partial charge in [0.1, 0.15) is 5.75 Å². The second-order valence-corrected chi connectivity index (χ2v) is 10.5. The lowest BCUT2D eigenvalue weighted by Crippen LogP contribution is -2.46. The Bertz CT molecular complexity index is 1230. The number of hydrogen-bond donors (Lipinski definition) is 1. The fourth-order valence-electron chi connectivity index (χ4n) is 6.13. The van der Waals surface area contributed by atoms with Gasteiger partial charge >= 0.3 is 0 Å². The van der Waals surface area contributed by atoms with Crippen LogP contribution in [0.2, 0.25) is 0 Å². The van der Waals surface area contributed by atoms with Crippen molar-refractivity contribution in [2.24, 2.45) is 17.8 Å². The van der Waals surface area contributed by atoms with Crippen molar-refractivity contribution < 1.29 is 24.3 Å². The predicted octanol–water partition coefficient (Wildman–Crippen LogP) is 3.62. The van der Waals surface area contributed by atoms with E-state index >= 15 is 0 Å². The quantitative estimate of drug-likeness (QED) is 0.405. The third-order valence-corrected chi connectivity index (χ3v) is 7.48. The van der Waals surface area contributed by atoms with E-state index in [-0.39, 0.29) is 41.5 Å². The number of benzene rings is 1. The van der Waals surface area contributed by atoms with Crippen LogP contribution in [0.1, 0.15) is 52.0 Å². The van der Waals surface area contributed by atoms with Gasteiger partial charge in [0, 0.05) is 33.7 Å². The number of phenolic OH excluding ortho intramolecular Hbond substituents is 1. The Hall–Kier alpha value is -3.28.